The van der Waals surface area contributed by atoms with Crippen LogP contribution in [0.2, 0.25) is 0 Å². The summed E-state index contributed by atoms with van der Waals surface area (Å²) in [6, 6.07) is 8.61. The molecule has 0 spiro atoms. The minimum Gasteiger partial charge on any atom is -0.458 e. The molecule has 0 aromatic heterocycles. The highest BCUT2D eigenvalue weighted by Crippen LogP contribution is 2.73. The number of benzene rings is 1. The van der Waals surface area contributed by atoms with E-state index in [2.05, 4.69) is 13.8 Å². The summed E-state index contributed by atoms with van der Waals surface area (Å²) >= 11 is 0. The summed E-state index contributed by atoms with van der Waals surface area (Å²) in [5, 5.41) is 35.2. The minimum absolute atomic E-state index is 0.0360. The first-order chi connectivity index (χ1) is 15.3. The van der Waals surface area contributed by atoms with Crippen LogP contribution in [0.15, 0.2) is 30.3 Å². The normalized spacial score (nSPS) is 49.9. The van der Waals surface area contributed by atoms with Gasteiger partial charge in [-0.15, -0.1) is 0 Å². The smallest absolute Gasteiger partial charge is 0.338 e. The summed E-state index contributed by atoms with van der Waals surface area (Å²) < 4.78 is 5.87. The van der Waals surface area contributed by atoms with Gasteiger partial charge in [0.2, 0.25) is 0 Å². The number of rotatable bonds is 2. The fourth-order valence-corrected chi connectivity index (χ4v) is 8.08. The van der Waals surface area contributed by atoms with Gasteiger partial charge in [-0.3, -0.25) is 4.79 Å². The van der Waals surface area contributed by atoms with E-state index in [-0.39, 0.29) is 29.6 Å². The maximum atomic E-state index is 14.2. The van der Waals surface area contributed by atoms with Crippen LogP contribution in [0.3, 0.4) is 0 Å². The van der Waals surface area contributed by atoms with Crippen LogP contribution >= 0.6 is 0 Å². The summed E-state index contributed by atoms with van der Waals surface area (Å²) in [5.74, 6) is -1.94. The van der Waals surface area contributed by atoms with Crippen LogP contribution in [-0.4, -0.2) is 51.0 Å². The van der Waals surface area contributed by atoms with Crippen LogP contribution in [-0.2, 0) is 9.53 Å². The van der Waals surface area contributed by atoms with Crippen molar-refractivity contribution in [1.82, 2.24) is 0 Å². The van der Waals surface area contributed by atoms with Gasteiger partial charge in [-0.25, -0.2) is 4.79 Å². The Morgan fingerprint density at radius 2 is 1.67 bits per heavy atom. The second-order valence-electron chi connectivity index (χ2n) is 12.2. The lowest BCUT2D eigenvalue weighted by atomic mass is 9.46. The Balaban J connectivity index is 1.54. The first kappa shape index (κ1) is 23.0. The Kier molecular flexibility index (Phi) is 4.81. The largest absolute Gasteiger partial charge is 0.458 e. The lowest BCUT2D eigenvalue weighted by Gasteiger charge is -2.59. The average molecular weight is 457 g/mol. The van der Waals surface area contributed by atoms with Gasteiger partial charge in [0.05, 0.1) is 29.1 Å². The number of Topliss-reactive ketones (excluding diaryl/α,β-unsaturated/α-hetero) is 1. The van der Waals surface area contributed by atoms with Gasteiger partial charge >= 0.3 is 5.97 Å². The van der Waals surface area contributed by atoms with Crippen molar-refractivity contribution in [2.75, 3.05) is 0 Å². The van der Waals surface area contributed by atoms with Gasteiger partial charge in [-0.05, 0) is 61.5 Å². The van der Waals surface area contributed by atoms with Gasteiger partial charge in [0.15, 0.2) is 5.78 Å². The van der Waals surface area contributed by atoms with Gasteiger partial charge < -0.3 is 20.1 Å². The monoisotopic (exact) mass is 456 g/mol. The molecule has 4 saturated carbocycles. The Morgan fingerprint density at radius 3 is 2.30 bits per heavy atom. The lowest BCUT2D eigenvalue weighted by Crippen LogP contribution is -2.72. The number of hydrogen-bond donors (Lipinski definition) is 3. The van der Waals surface area contributed by atoms with Crippen molar-refractivity contribution in [3.05, 3.63) is 35.9 Å². The van der Waals surface area contributed by atoms with Crippen molar-refractivity contribution < 1.29 is 29.6 Å². The van der Waals surface area contributed by atoms with E-state index in [9.17, 15) is 24.9 Å². The molecule has 1 aromatic carbocycles. The van der Waals surface area contributed by atoms with E-state index in [0.717, 1.165) is 6.42 Å². The Morgan fingerprint density at radius 1 is 1.03 bits per heavy atom. The maximum Gasteiger partial charge on any atom is 0.338 e. The molecule has 4 aliphatic rings. The fraction of sp³-hybridized carbons (Fsp3) is 0.704. The molecule has 180 valence electrons. The number of carbonyl (C=O) groups is 2. The molecule has 33 heavy (non-hydrogen) atoms. The fourth-order valence-electron chi connectivity index (χ4n) is 8.08. The predicted octanol–water partition coefficient (Wildman–Crippen LogP) is 2.98. The first-order valence-electron chi connectivity index (χ1n) is 12.2. The molecule has 1 aromatic rings. The van der Waals surface area contributed by atoms with Crippen LogP contribution in [0.25, 0.3) is 0 Å². The molecule has 6 heteroatoms. The highest BCUT2D eigenvalue weighted by atomic mass is 16.5. The molecule has 5 rings (SSSR count). The van der Waals surface area contributed by atoms with Crippen LogP contribution in [0.5, 0.6) is 0 Å². The van der Waals surface area contributed by atoms with Gasteiger partial charge in [0, 0.05) is 5.41 Å². The van der Waals surface area contributed by atoms with Crippen LogP contribution < -0.4 is 0 Å². The minimum atomic E-state index is -1.85. The summed E-state index contributed by atoms with van der Waals surface area (Å²) in [6.07, 6.45) is -1.37. The zero-order valence-electron chi connectivity index (χ0n) is 20.1. The second-order valence-corrected chi connectivity index (χ2v) is 12.2. The molecule has 4 aliphatic carbocycles. The summed E-state index contributed by atoms with van der Waals surface area (Å²) in [4.78, 5) is 27.0. The van der Waals surface area contributed by atoms with Gasteiger partial charge in [-0.1, -0.05) is 45.9 Å². The predicted molar refractivity (Wildman–Crippen MR) is 121 cm³/mol. The van der Waals surface area contributed by atoms with Crippen LogP contribution in [0, 0.1) is 39.9 Å². The number of aliphatic hydroxyl groups excluding tert-OH is 2. The molecule has 0 heterocycles. The van der Waals surface area contributed by atoms with E-state index >= 15 is 0 Å². The number of carbonyl (C=O) groups excluding carboxylic acids is 2. The lowest BCUT2D eigenvalue weighted by molar-refractivity contribution is -0.229. The molecule has 4 fully saturated rings. The van der Waals surface area contributed by atoms with E-state index < -0.39 is 52.4 Å². The van der Waals surface area contributed by atoms with Crippen LogP contribution in [0.1, 0.15) is 64.2 Å². The summed E-state index contributed by atoms with van der Waals surface area (Å²) in [5.41, 5.74) is -3.76. The summed E-state index contributed by atoms with van der Waals surface area (Å²) in [7, 11) is 0. The number of hydrogen-bond acceptors (Lipinski definition) is 6. The van der Waals surface area contributed by atoms with Crippen molar-refractivity contribution in [1.29, 1.82) is 0 Å². The Hall–Kier alpha value is -1.76. The first-order valence-corrected chi connectivity index (χ1v) is 12.2. The van der Waals surface area contributed by atoms with E-state index in [4.69, 9.17) is 4.74 Å². The molecular formula is C27H36O6. The van der Waals surface area contributed by atoms with E-state index in [1.807, 2.05) is 19.9 Å². The molecule has 3 unspecified atom stereocenters. The highest BCUT2D eigenvalue weighted by Gasteiger charge is 2.79. The van der Waals surface area contributed by atoms with Crippen LogP contribution in [0.4, 0.5) is 0 Å². The molecule has 0 radical (unpaired) electrons. The molecule has 10 atom stereocenters. The van der Waals surface area contributed by atoms with Crippen molar-refractivity contribution in [2.24, 2.45) is 39.9 Å². The Bertz CT molecular complexity index is 990. The number of fused-ring (bicyclic) bond motifs is 3. The second kappa shape index (κ2) is 6.89. The third kappa shape index (κ3) is 2.72. The SMILES string of the molecule is C[C@H]1C[C@]2(O)C(=O)[C@@]3(C)[C@H](O)C4C(CC[C@@]3(C)[C@H](O)C2[C@H]1OC(=O)c1ccccc1)C4(C)C. The molecular weight excluding hydrogens is 420 g/mol. The van der Waals surface area contributed by atoms with E-state index in [0.29, 0.717) is 12.0 Å². The third-order valence-corrected chi connectivity index (χ3v) is 10.4. The maximum absolute atomic E-state index is 14.2. The topological polar surface area (TPSA) is 104 Å². The Labute approximate surface area is 195 Å². The average Bonchev–Trinajstić information content (AvgIpc) is 3.26. The standard InChI is InChI=1S/C27H36O6/c1-14-13-27(32)18(19(14)33-22(30)15-9-7-6-8-10-15)20(28)25(4)12-11-16-17(24(16,2)3)21(29)26(25,5)23(27)31/h6-10,14,16-21,28-29,32H,11-13H2,1-5H3/t14-,16?,17?,18?,19-,20+,21+,25-,26+,27+/m0/s1. The van der Waals surface area contributed by atoms with Crippen molar-refractivity contribution in [3.8, 4) is 0 Å². The number of esters is 1. The molecule has 0 bridgehead atoms. The molecule has 6 nitrogen and oxygen atoms in total. The molecule has 3 N–H and O–H groups in total. The summed E-state index contributed by atoms with van der Waals surface area (Å²) in [6.45, 7) is 9.69. The third-order valence-electron chi connectivity index (χ3n) is 10.4. The van der Waals surface area contributed by atoms with E-state index in [1.165, 1.54) is 0 Å². The zero-order chi connectivity index (χ0) is 24.1. The number of ether oxygens (including phenoxy) is 1. The highest BCUT2D eigenvalue weighted by molar-refractivity contribution is 5.96. The van der Waals surface area contributed by atoms with Gasteiger partial charge in [0.25, 0.3) is 0 Å². The molecule has 0 amide bonds. The quantitative estimate of drug-likeness (QED) is 0.591. The van der Waals surface area contributed by atoms with Crippen molar-refractivity contribution in [2.45, 2.75) is 77.8 Å². The van der Waals surface area contributed by atoms with Gasteiger partial charge in [-0.2, -0.15) is 0 Å². The van der Waals surface area contributed by atoms with E-state index in [1.54, 1.807) is 31.2 Å². The van der Waals surface area contributed by atoms with Crippen molar-refractivity contribution in [3.63, 3.8) is 0 Å². The zero-order valence-corrected chi connectivity index (χ0v) is 20.1. The molecule has 0 saturated heterocycles. The number of aliphatic hydroxyl groups is 3. The number of ketones is 1. The van der Waals surface area contributed by atoms with Gasteiger partial charge in [0.1, 0.15) is 11.7 Å². The molecule has 0 aliphatic heterocycles. The van der Waals surface area contributed by atoms with Crippen molar-refractivity contribution >= 4 is 11.8 Å².